The Hall–Kier alpha value is -3.13. The van der Waals surface area contributed by atoms with Crippen molar-refractivity contribution < 1.29 is 13.2 Å². The fourth-order valence-corrected chi connectivity index (χ4v) is 3.61. The summed E-state index contributed by atoms with van der Waals surface area (Å²) in [7, 11) is -2.17. The number of anilines is 2. The molecule has 0 saturated heterocycles. The minimum Gasteiger partial charge on any atom is -0.316 e. The van der Waals surface area contributed by atoms with Crippen molar-refractivity contribution in [3.63, 3.8) is 0 Å². The SMILES string of the molecule is CC(=O)N(C)c1ccc(S(=O)(=O)Nc2cc(-c3ccccc3C)[nH]n2)cc1. The van der Waals surface area contributed by atoms with E-state index >= 15 is 0 Å². The van der Waals surface area contributed by atoms with Crippen LogP contribution in [0.4, 0.5) is 11.5 Å². The zero-order valence-electron chi connectivity index (χ0n) is 15.2. The van der Waals surface area contributed by atoms with Gasteiger partial charge < -0.3 is 4.90 Å². The van der Waals surface area contributed by atoms with E-state index in [0.29, 0.717) is 5.69 Å². The molecule has 0 aliphatic rings. The Kier molecular flexibility index (Phi) is 5.00. The summed E-state index contributed by atoms with van der Waals surface area (Å²) in [5.74, 6) is 0.0715. The van der Waals surface area contributed by atoms with Crippen molar-refractivity contribution in [3.05, 3.63) is 60.2 Å². The standard InChI is InChI=1S/C19H20N4O3S/c1-13-6-4-5-7-17(13)18-12-19(21-20-18)22-27(25,26)16-10-8-15(9-11-16)23(3)14(2)24/h4-12H,1-3H3,(H2,20,21,22). The molecule has 0 unspecified atom stereocenters. The third kappa shape index (κ3) is 4.01. The topological polar surface area (TPSA) is 95.2 Å². The smallest absolute Gasteiger partial charge is 0.263 e. The lowest BCUT2D eigenvalue weighted by atomic mass is 10.1. The molecule has 3 rings (SSSR count). The van der Waals surface area contributed by atoms with Gasteiger partial charge in [0.15, 0.2) is 5.82 Å². The van der Waals surface area contributed by atoms with Gasteiger partial charge in [-0.3, -0.25) is 14.6 Å². The van der Waals surface area contributed by atoms with Crippen LogP contribution in [0.3, 0.4) is 0 Å². The molecule has 0 aliphatic carbocycles. The highest BCUT2D eigenvalue weighted by atomic mass is 32.2. The van der Waals surface area contributed by atoms with E-state index in [1.54, 1.807) is 25.2 Å². The van der Waals surface area contributed by atoms with Gasteiger partial charge in [0.25, 0.3) is 10.0 Å². The number of hydrogen-bond donors (Lipinski definition) is 2. The molecular weight excluding hydrogens is 364 g/mol. The summed E-state index contributed by atoms with van der Waals surface area (Å²) in [5.41, 5.74) is 3.35. The number of aromatic nitrogens is 2. The lowest BCUT2D eigenvalue weighted by molar-refractivity contribution is -0.116. The number of aryl methyl sites for hydroxylation is 1. The van der Waals surface area contributed by atoms with E-state index in [0.717, 1.165) is 16.8 Å². The predicted molar refractivity (Wildman–Crippen MR) is 105 cm³/mol. The van der Waals surface area contributed by atoms with Crippen molar-refractivity contribution in [1.82, 2.24) is 10.2 Å². The van der Waals surface area contributed by atoms with Gasteiger partial charge in [-0.15, -0.1) is 0 Å². The van der Waals surface area contributed by atoms with Gasteiger partial charge in [0.05, 0.1) is 10.6 Å². The summed E-state index contributed by atoms with van der Waals surface area (Å²) in [6.07, 6.45) is 0. The van der Waals surface area contributed by atoms with Crippen molar-refractivity contribution in [2.24, 2.45) is 0 Å². The van der Waals surface area contributed by atoms with Crippen LogP contribution in [0.5, 0.6) is 0 Å². The van der Waals surface area contributed by atoms with Gasteiger partial charge >= 0.3 is 0 Å². The zero-order chi connectivity index (χ0) is 19.6. The molecule has 0 radical (unpaired) electrons. The molecule has 1 amide bonds. The normalized spacial score (nSPS) is 11.2. The van der Waals surface area contributed by atoms with Gasteiger partial charge in [0.1, 0.15) is 0 Å². The second kappa shape index (κ2) is 7.24. The molecule has 2 N–H and O–H groups in total. The summed E-state index contributed by atoms with van der Waals surface area (Å²) < 4.78 is 27.6. The van der Waals surface area contributed by atoms with Crippen LogP contribution >= 0.6 is 0 Å². The fourth-order valence-electron chi connectivity index (χ4n) is 2.61. The largest absolute Gasteiger partial charge is 0.316 e. The average Bonchev–Trinajstić information content (AvgIpc) is 3.09. The predicted octanol–water partition coefficient (Wildman–Crippen LogP) is 3.17. The quantitative estimate of drug-likeness (QED) is 0.706. The van der Waals surface area contributed by atoms with Gasteiger partial charge in [-0.2, -0.15) is 5.10 Å². The summed E-state index contributed by atoms with van der Waals surface area (Å²) in [6, 6.07) is 15.5. The number of carbonyl (C=O) groups is 1. The Morgan fingerprint density at radius 3 is 2.41 bits per heavy atom. The van der Waals surface area contributed by atoms with Crippen LogP contribution in [0.2, 0.25) is 0 Å². The minimum absolute atomic E-state index is 0.0867. The maximum absolute atomic E-state index is 12.6. The van der Waals surface area contributed by atoms with Gasteiger partial charge in [-0.25, -0.2) is 8.42 Å². The number of amides is 1. The van der Waals surface area contributed by atoms with Gasteiger partial charge in [-0.1, -0.05) is 24.3 Å². The highest BCUT2D eigenvalue weighted by Crippen LogP contribution is 2.25. The first kappa shape index (κ1) is 18.7. The minimum atomic E-state index is -3.79. The highest BCUT2D eigenvalue weighted by Gasteiger charge is 2.17. The highest BCUT2D eigenvalue weighted by molar-refractivity contribution is 7.92. The summed E-state index contributed by atoms with van der Waals surface area (Å²) >= 11 is 0. The van der Waals surface area contributed by atoms with E-state index in [9.17, 15) is 13.2 Å². The third-order valence-electron chi connectivity index (χ3n) is 4.26. The fraction of sp³-hybridized carbons (Fsp3) is 0.158. The van der Waals surface area contributed by atoms with Crippen LogP contribution in [0, 0.1) is 6.92 Å². The van der Waals surface area contributed by atoms with Gasteiger partial charge in [0.2, 0.25) is 5.91 Å². The maximum Gasteiger partial charge on any atom is 0.263 e. The Labute approximate surface area is 158 Å². The van der Waals surface area contributed by atoms with E-state index in [1.807, 2.05) is 31.2 Å². The number of nitrogens with zero attached hydrogens (tertiary/aromatic N) is 2. The number of carbonyl (C=O) groups excluding carboxylic acids is 1. The van der Waals surface area contributed by atoms with Gasteiger partial charge in [-0.05, 0) is 36.8 Å². The molecule has 27 heavy (non-hydrogen) atoms. The van der Waals surface area contributed by atoms with Crippen molar-refractivity contribution in [1.29, 1.82) is 0 Å². The van der Waals surface area contributed by atoms with Crippen molar-refractivity contribution in [2.75, 3.05) is 16.7 Å². The maximum atomic E-state index is 12.6. The lowest BCUT2D eigenvalue weighted by Gasteiger charge is -2.15. The van der Waals surface area contributed by atoms with Crippen LogP contribution in [0.15, 0.2) is 59.5 Å². The van der Waals surface area contributed by atoms with Crippen LogP contribution in [-0.2, 0) is 14.8 Å². The summed E-state index contributed by atoms with van der Waals surface area (Å²) in [6.45, 7) is 3.41. The molecule has 2 aromatic carbocycles. The molecule has 8 heteroatoms. The van der Waals surface area contributed by atoms with Crippen LogP contribution in [0.25, 0.3) is 11.3 Å². The number of rotatable bonds is 5. The zero-order valence-corrected chi connectivity index (χ0v) is 16.0. The molecule has 0 aliphatic heterocycles. The first-order valence-corrected chi connectivity index (χ1v) is 9.75. The number of aromatic amines is 1. The number of H-pyrrole nitrogens is 1. The molecule has 7 nitrogen and oxygen atoms in total. The molecule has 1 heterocycles. The van der Waals surface area contributed by atoms with Crippen molar-refractivity contribution in [3.8, 4) is 11.3 Å². The first-order valence-electron chi connectivity index (χ1n) is 8.26. The van der Waals surface area contributed by atoms with Crippen LogP contribution in [0.1, 0.15) is 12.5 Å². The van der Waals surface area contributed by atoms with E-state index in [-0.39, 0.29) is 16.6 Å². The molecule has 140 valence electrons. The Morgan fingerprint density at radius 1 is 1.11 bits per heavy atom. The summed E-state index contributed by atoms with van der Waals surface area (Å²) in [5, 5.41) is 6.90. The van der Waals surface area contributed by atoms with Gasteiger partial charge in [0, 0.05) is 31.3 Å². The molecular formula is C19H20N4O3S. The van der Waals surface area contributed by atoms with E-state index < -0.39 is 10.0 Å². The molecule has 0 atom stereocenters. The third-order valence-corrected chi connectivity index (χ3v) is 5.63. The first-order chi connectivity index (χ1) is 12.8. The van der Waals surface area contributed by atoms with E-state index in [2.05, 4.69) is 14.9 Å². The van der Waals surface area contributed by atoms with Crippen molar-refractivity contribution in [2.45, 2.75) is 18.7 Å². The molecule has 0 bridgehead atoms. The number of benzene rings is 2. The number of hydrogen-bond acceptors (Lipinski definition) is 4. The van der Waals surface area contributed by atoms with E-state index in [1.165, 1.54) is 24.0 Å². The second-order valence-corrected chi connectivity index (χ2v) is 7.84. The monoisotopic (exact) mass is 384 g/mol. The number of sulfonamides is 1. The molecule has 0 fully saturated rings. The molecule has 1 aromatic heterocycles. The average molecular weight is 384 g/mol. The lowest BCUT2D eigenvalue weighted by Crippen LogP contribution is -2.22. The van der Waals surface area contributed by atoms with Crippen LogP contribution < -0.4 is 9.62 Å². The van der Waals surface area contributed by atoms with E-state index in [4.69, 9.17) is 0 Å². The molecule has 0 saturated carbocycles. The number of nitrogens with one attached hydrogen (secondary N) is 2. The Bertz CT molecular complexity index is 1070. The Balaban J connectivity index is 1.81. The van der Waals surface area contributed by atoms with Crippen molar-refractivity contribution >= 4 is 27.4 Å². The summed E-state index contributed by atoms with van der Waals surface area (Å²) in [4.78, 5) is 12.9. The second-order valence-electron chi connectivity index (χ2n) is 6.16. The molecule has 3 aromatic rings. The molecule has 0 spiro atoms. The Morgan fingerprint density at radius 2 is 1.78 bits per heavy atom. The van der Waals surface area contributed by atoms with Crippen LogP contribution in [-0.4, -0.2) is 31.6 Å².